The molecule has 2 heterocycles. The summed E-state index contributed by atoms with van der Waals surface area (Å²) in [6, 6.07) is 56.1. The van der Waals surface area contributed by atoms with Crippen molar-refractivity contribution in [2.24, 2.45) is 20.0 Å². The van der Waals surface area contributed by atoms with Crippen LogP contribution in [0.25, 0.3) is 98.9 Å². The van der Waals surface area contributed by atoms with Crippen LogP contribution in [0.5, 0.6) is 0 Å². The number of rotatable bonds is 3. The summed E-state index contributed by atoms with van der Waals surface area (Å²) in [5.41, 5.74) is 14.5. The van der Waals surface area contributed by atoms with Crippen LogP contribution >= 0.6 is 0 Å². The lowest BCUT2D eigenvalue weighted by atomic mass is 9.82. The molecule has 1 atom stereocenters. The molecule has 1 unspecified atom stereocenters. The van der Waals surface area contributed by atoms with E-state index >= 15 is 0 Å². The summed E-state index contributed by atoms with van der Waals surface area (Å²) in [4.78, 5) is 0. The average Bonchev–Trinajstić information content (AvgIpc) is 3.66. The SMILES string of the molecule is CC1Cc2c(n(C)c3c2c2ccccc2c2c4ccc(-c5cccc6ccccc56)cc4n(C)c23)C=C1c1ccc(-c2cccc3ccccc23)cc1. The van der Waals surface area contributed by atoms with E-state index in [4.69, 9.17) is 0 Å². The first-order valence-electron chi connectivity index (χ1n) is 18.8. The van der Waals surface area contributed by atoms with E-state index in [-0.39, 0.29) is 0 Å². The second-order valence-corrected chi connectivity index (χ2v) is 15.0. The molecule has 53 heavy (non-hydrogen) atoms. The van der Waals surface area contributed by atoms with Crippen LogP contribution in [-0.4, -0.2) is 9.13 Å². The van der Waals surface area contributed by atoms with Crippen LogP contribution in [0.15, 0.2) is 152 Å². The smallest absolute Gasteiger partial charge is 0.0742 e. The first-order valence-corrected chi connectivity index (χ1v) is 18.8. The van der Waals surface area contributed by atoms with Gasteiger partial charge in [0, 0.05) is 41.5 Å². The van der Waals surface area contributed by atoms with Gasteiger partial charge in [-0.3, -0.25) is 0 Å². The number of aryl methyl sites for hydroxylation is 2. The van der Waals surface area contributed by atoms with Gasteiger partial charge in [0.25, 0.3) is 0 Å². The van der Waals surface area contributed by atoms with Gasteiger partial charge in [-0.25, -0.2) is 0 Å². The van der Waals surface area contributed by atoms with E-state index in [0.717, 1.165) is 6.42 Å². The fraction of sp³-hybridized carbons (Fsp3) is 0.0980. The molecule has 0 spiro atoms. The lowest BCUT2D eigenvalue weighted by Crippen LogP contribution is -2.10. The molecular weight excluding hydrogens is 641 g/mol. The van der Waals surface area contributed by atoms with Gasteiger partial charge in [0.05, 0.1) is 11.0 Å². The Morgan fingerprint density at radius 1 is 0.472 bits per heavy atom. The van der Waals surface area contributed by atoms with Gasteiger partial charge in [-0.1, -0.05) is 153 Å². The van der Waals surface area contributed by atoms with Gasteiger partial charge in [0.2, 0.25) is 0 Å². The summed E-state index contributed by atoms with van der Waals surface area (Å²) in [5.74, 6) is 0.390. The van der Waals surface area contributed by atoms with Gasteiger partial charge in [0.15, 0.2) is 0 Å². The predicted octanol–water partition coefficient (Wildman–Crippen LogP) is 13.3. The maximum absolute atomic E-state index is 2.49. The highest BCUT2D eigenvalue weighted by molar-refractivity contribution is 6.32. The van der Waals surface area contributed by atoms with E-state index in [1.165, 1.54) is 110 Å². The van der Waals surface area contributed by atoms with Crippen molar-refractivity contribution in [3.8, 4) is 22.3 Å². The van der Waals surface area contributed by atoms with Crippen molar-refractivity contribution in [3.05, 3.63) is 168 Å². The van der Waals surface area contributed by atoms with E-state index in [2.05, 4.69) is 188 Å². The quantitative estimate of drug-likeness (QED) is 0.176. The first kappa shape index (κ1) is 30.3. The lowest BCUT2D eigenvalue weighted by molar-refractivity contribution is 0.734. The van der Waals surface area contributed by atoms with Crippen molar-refractivity contribution in [2.75, 3.05) is 0 Å². The molecule has 0 radical (unpaired) electrons. The Kier molecular flexibility index (Phi) is 6.46. The predicted molar refractivity (Wildman–Crippen MR) is 227 cm³/mol. The Bertz CT molecular complexity index is 3160. The summed E-state index contributed by atoms with van der Waals surface area (Å²) >= 11 is 0. The standard InChI is InChI=1S/C51H38N2/c1-31-28-45-47(30-44(31)35-24-22-34(23-25-35)39-20-10-14-32-12-4-6-16-37(32)39)53(3)51-49(45)42-19-9-8-18-41(42)48-43-27-26-36(29-46(43)52(2)50(48)51)40-21-11-15-33-13-5-7-17-38(33)40/h4-27,29-31H,28H2,1-3H3. The van der Waals surface area contributed by atoms with Crippen molar-refractivity contribution in [1.82, 2.24) is 9.13 Å². The monoisotopic (exact) mass is 678 g/mol. The maximum Gasteiger partial charge on any atom is 0.0742 e. The second kappa shape index (κ2) is 11.3. The molecule has 0 amide bonds. The molecular formula is C51H38N2. The molecule has 2 nitrogen and oxygen atoms in total. The highest BCUT2D eigenvalue weighted by Gasteiger charge is 2.28. The molecule has 0 fully saturated rings. The van der Waals surface area contributed by atoms with Crippen LogP contribution < -0.4 is 0 Å². The largest absolute Gasteiger partial charge is 0.342 e. The van der Waals surface area contributed by atoms with Crippen LogP contribution in [0.2, 0.25) is 0 Å². The molecule has 0 saturated heterocycles. The normalized spacial score (nSPS) is 14.5. The van der Waals surface area contributed by atoms with Crippen molar-refractivity contribution in [3.63, 3.8) is 0 Å². The number of nitrogens with zero attached hydrogens (tertiary/aromatic N) is 2. The van der Waals surface area contributed by atoms with E-state index in [0.29, 0.717) is 5.92 Å². The average molecular weight is 679 g/mol. The zero-order valence-electron chi connectivity index (χ0n) is 30.2. The fourth-order valence-corrected chi connectivity index (χ4v) is 9.66. The zero-order valence-corrected chi connectivity index (χ0v) is 30.2. The molecule has 2 aromatic heterocycles. The van der Waals surface area contributed by atoms with Gasteiger partial charge >= 0.3 is 0 Å². The highest BCUT2D eigenvalue weighted by Crippen LogP contribution is 2.47. The molecule has 0 bridgehead atoms. The van der Waals surface area contributed by atoms with Crippen molar-refractivity contribution in [1.29, 1.82) is 0 Å². The summed E-state index contributed by atoms with van der Waals surface area (Å²) in [5, 5.41) is 11.9. The molecule has 2 heteroatoms. The molecule has 10 aromatic rings. The Hall–Kier alpha value is -6.38. The van der Waals surface area contributed by atoms with Crippen molar-refractivity contribution in [2.45, 2.75) is 13.3 Å². The Labute approximate surface area is 308 Å². The molecule has 1 aliphatic rings. The van der Waals surface area contributed by atoms with Gasteiger partial charge in [-0.15, -0.1) is 0 Å². The van der Waals surface area contributed by atoms with E-state index in [9.17, 15) is 0 Å². The number of benzene rings is 8. The van der Waals surface area contributed by atoms with Crippen molar-refractivity contribution >= 4 is 76.7 Å². The Morgan fingerprint density at radius 3 is 1.68 bits per heavy atom. The third-order valence-corrected chi connectivity index (χ3v) is 12.2. The fourth-order valence-electron chi connectivity index (χ4n) is 9.66. The molecule has 252 valence electrons. The number of aromatic nitrogens is 2. The minimum atomic E-state index is 0.390. The van der Waals surface area contributed by atoms with Crippen LogP contribution in [0.4, 0.5) is 0 Å². The first-order chi connectivity index (χ1) is 26.0. The molecule has 0 N–H and O–H groups in total. The van der Waals surface area contributed by atoms with E-state index in [1.54, 1.807) is 0 Å². The number of fused-ring (bicyclic) bond motifs is 12. The Morgan fingerprint density at radius 2 is 1.00 bits per heavy atom. The van der Waals surface area contributed by atoms with Crippen LogP contribution in [-0.2, 0) is 20.5 Å². The lowest BCUT2D eigenvalue weighted by Gasteiger charge is -2.23. The highest BCUT2D eigenvalue weighted by atomic mass is 15.0. The summed E-state index contributed by atoms with van der Waals surface area (Å²) in [7, 11) is 4.54. The summed E-state index contributed by atoms with van der Waals surface area (Å²) in [6.45, 7) is 2.40. The summed E-state index contributed by atoms with van der Waals surface area (Å²) in [6.07, 6.45) is 3.49. The van der Waals surface area contributed by atoms with Crippen LogP contribution in [0.3, 0.4) is 0 Å². The third-order valence-electron chi connectivity index (χ3n) is 12.2. The minimum Gasteiger partial charge on any atom is -0.342 e. The molecule has 1 aliphatic carbocycles. The van der Waals surface area contributed by atoms with Crippen molar-refractivity contribution < 1.29 is 0 Å². The van der Waals surface area contributed by atoms with Gasteiger partial charge in [-0.2, -0.15) is 0 Å². The topological polar surface area (TPSA) is 9.86 Å². The minimum absolute atomic E-state index is 0.390. The van der Waals surface area contributed by atoms with E-state index < -0.39 is 0 Å². The van der Waals surface area contributed by atoms with Gasteiger partial charge < -0.3 is 9.13 Å². The molecule has 0 aliphatic heterocycles. The van der Waals surface area contributed by atoms with Crippen LogP contribution in [0.1, 0.15) is 23.7 Å². The molecule has 11 rings (SSSR count). The molecule has 0 saturated carbocycles. The summed E-state index contributed by atoms with van der Waals surface area (Å²) < 4.78 is 4.94. The van der Waals surface area contributed by atoms with Gasteiger partial charge in [-0.05, 0) is 95.8 Å². The molecule has 8 aromatic carbocycles. The zero-order chi connectivity index (χ0) is 35.4. The number of hydrogen-bond acceptors (Lipinski definition) is 0. The van der Waals surface area contributed by atoms with Crippen LogP contribution in [0, 0.1) is 5.92 Å². The maximum atomic E-state index is 2.49. The third kappa shape index (κ3) is 4.33. The number of allylic oxidation sites excluding steroid dienone is 1. The number of hydrogen-bond donors (Lipinski definition) is 0. The van der Waals surface area contributed by atoms with E-state index in [1.807, 2.05) is 0 Å². The second-order valence-electron chi connectivity index (χ2n) is 15.0. The van der Waals surface area contributed by atoms with Gasteiger partial charge in [0.1, 0.15) is 0 Å². The Balaban J connectivity index is 1.11.